The summed E-state index contributed by atoms with van der Waals surface area (Å²) >= 11 is 5.20. The molecule has 0 amide bonds. The van der Waals surface area contributed by atoms with Crippen molar-refractivity contribution in [1.82, 2.24) is 58.6 Å². The Morgan fingerprint density at radius 1 is 0.133 bits per heavy atom. The van der Waals surface area contributed by atoms with Crippen LogP contribution in [0.3, 0.4) is 0 Å². The lowest BCUT2D eigenvalue weighted by Crippen LogP contribution is -1.98. The van der Waals surface area contributed by atoms with Crippen LogP contribution in [0, 0.1) is 0 Å². The third-order valence-electron chi connectivity index (χ3n) is 27.8. The predicted octanol–water partition coefficient (Wildman–Crippen LogP) is 35.9. The second-order valence-electron chi connectivity index (χ2n) is 37.1. The molecule has 0 atom stereocenters. The molecule has 9 aromatic heterocycles. The smallest absolute Gasteiger partial charge is 0.160 e. The fraction of sp³-hybridized carbons (Fsp3) is 0. The van der Waals surface area contributed by atoms with Gasteiger partial charge in [-0.25, -0.2) is 44.9 Å². The molecule has 0 spiro atoms. The van der Waals surface area contributed by atoms with Crippen LogP contribution in [0.2, 0.25) is 0 Å². The van der Waals surface area contributed by atoms with Gasteiger partial charge in [-0.15, -0.1) is 34.0 Å². The van der Waals surface area contributed by atoms with Gasteiger partial charge in [-0.1, -0.05) is 388 Å². The zero-order valence-corrected chi connectivity index (χ0v) is 83.2. The Hall–Kier alpha value is -19.3. The number of hydrogen-bond donors (Lipinski definition) is 0. The molecule has 150 heavy (non-hydrogen) atoms. The minimum absolute atomic E-state index is 0.693. The number of benzene rings is 20. The molecule has 0 saturated carbocycles. The molecule has 0 unspecified atom stereocenters. The standard InChI is InChI=1S/2C47H30N4S.C41H26N4S/c1-3-12-32(13-4-1)41-30-42(33-14-5-2-6-15-33)49-46(48-41)35-17-11-16-34(28-35)31-22-25-37(26-23-31)51-43-20-9-7-18-38(43)39-27-24-36(29-44(39)51)47-50-40-19-8-10-21-45(40)52-47;1-3-11-33(12-4-1)41-30-42(34-13-5-2-6-14-34)49-46(48-41)35-21-19-31(20-22-35)32-23-26-37(27-24-32)51-43-17-9-7-15-38(43)39-28-25-36(29-44(39)51)47-50-40-16-8-10-18-45(40)52-47;1-3-12-27(13-4-1)35-26-36(28-14-5-2-6-15-28)43-40(42-35)29-16-11-17-31(24-29)45-37-20-9-7-18-32(37)33-23-22-30(25-38(33)45)41-44-34-19-8-10-21-39(34)46-41/h2*1-30H;1-26H. The Bertz CT molecular complexity index is 9860. The van der Waals surface area contributed by atoms with Crippen LogP contribution in [-0.2, 0) is 0 Å². The molecule has 704 valence electrons. The van der Waals surface area contributed by atoms with Gasteiger partial charge in [0.1, 0.15) is 15.0 Å². The van der Waals surface area contributed by atoms with Gasteiger partial charge in [0.05, 0.1) is 97.9 Å². The van der Waals surface area contributed by atoms with Gasteiger partial charge in [-0.05, 0) is 156 Å². The van der Waals surface area contributed by atoms with Crippen LogP contribution < -0.4 is 0 Å². The van der Waals surface area contributed by atoms with E-state index in [2.05, 4.69) is 408 Å². The molecular weight excluding hydrogens is 1890 g/mol. The number of fused-ring (bicyclic) bond motifs is 12. The van der Waals surface area contributed by atoms with Crippen molar-refractivity contribution in [2.24, 2.45) is 0 Å². The third kappa shape index (κ3) is 17.4. The molecule has 0 N–H and O–H groups in total. The highest BCUT2D eigenvalue weighted by Gasteiger charge is 2.24. The van der Waals surface area contributed by atoms with Crippen molar-refractivity contribution >= 4 is 130 Å². The zero-order valence-electron chi connectivity index (χ0n) is 80.7. The van der Waals surface area contributed by atoms with Crippen molar-refractivity contribution in [3.8, 4) is 173 Å². The summed E-state index contributed by atoms with van der Waals surface area (Å²) in [4.78, 5) is 45.2. The van der Waals surface area contributed by atoms with Crippen LogP contribution >= 0.6 is 34.0 Å². The molecule has 9 heterocycles. The number of hydrogen-bond acceptors (Lipinski definition) is 12. The quantitative estimate of drug-likeness (QED) is 0.0874. The topological polar surface area (TPSA) is 131 Å². The molecule has 29 aromatic rings. The Balaban J connectivity index is 0.000000111. The molecule has 0 aliphatic carbocycles. The first-order chi connectivity index (χ1) is 74.3. The minimum Gasteiger partial charge on any atom is -0.309 e. The SMILES string of the molecule is c1ccc(-c2cc(-c3ccccc3)nc(-c3ccc(-c4ccc(-n5c6ccccc6c6ccc(-c7nc8ccccc8s7)cc65)cc4)cc3)n2)cc1.c1ccc(-c2cc(-c3ccccc3)nc(-c3cccc(-c4ccc(-n5c6ccccc6c6ccc(-c7nc8ccccc8s7)cc65)cc4)c3)n2)cc1.c1ccc(-c2cc(-c3ccccc3)nc(-c3cccc(-n4c5ccccc5c5ccc(-c6nc7ccccc7s6)cc54)c3)n2)cc1. The van der Waals surface area contributed by atoms with E-state index in [1.165, 1.54) is 63.0 Å². The molecule has 0 radical (unpaired) electrons. The zero-order chi connectivity index (χ0) is 99.3. The molecule has 15 heteroatoms. The highest BCUT2D eigenvalue weighted by molar-refractivity contribution is 7.22. The van der Waals surface area contributed by atoms with E-state index in [9.17, 15) is 0 Å². The van der Waals surface area contributed by atoms with E-state index in [0.717, 1.165) is 188 Å². The van der Waals surface area contributed by atoms with Gasteiger partial charge < -0.3 is 13.7 Å². The highest BCUT2D eigenvalue weighted by atomic mass is 32.1. The lowest BCUT2D eigenvalue weighted by Gasteiger charge is -2.12. The minimum atomic E-state index is 0.693. The summed E-state index contributed by atoms with van der Waals surface area (Å²) in [7, 11) is 0. The summed E-state index contributed by atoms with van der Waals surface area (Å²) in [6.07, 6.45) is 0. The number of thiazole rings is 3. The average molecular weight is 1970 g/mol. The van der Waals surface area contributed by atoms with Gasteiger partial charge in [0.15, 0.2) is 17.5 Å². The largest absolute Gasteiger partial charge is 0.309 e. The van der Waals surface area contributed by atoms with Gasteiger partial charge in [0.2, 0.25) is 0 Å². The Morgan fingerprint density at radius 3 is 0.707 bits per heavy atom. The van der Waals surface area contributed by atoms with Crippen LogP contribution in [0.25, 0.3) is 269 Å². The van der Waals surface area contributed by atoms with Crippen LogP contribution in [0.1, 0.15) is 0 Å². The highest BCUT2D eigenvalue weighted by Crippen LogP contribution is 2.45. The maximum Gasteiger partial charge on any atom is 0.160 e. The van der Waals surface area contributed by atoms with Crippen molar-refractivity contribution in [3.63, 3.8) is 0 Å². The van der Waals surface area contributed by atoms with Gasteiger partial charge in [0.25, 0.3) is 0 Å². The maximum absolute atomic E-state index is 5.09. The van der Waals surface area contributed by atoms with E-state index < -0.39 is 0 Å². The maximum atomic E-state index is 5.09. The summed E-state index contributed by atoms with van der Waals surface area (Å²) in [5.74, 6) is 2.10. The Labute approximate surface area is 876 Å². The van der Waals surface area contributed by atoms with E-state index in [0.29, 0.717) is 17.5 Å². The average Bonchev–Trinajstić information content (AvgIpc) is 1.57. The number of aromatic nitrogens is 12. The summed E-state index contributed by atoms with van der Waals surface area (Å²) in [5.41, 5.74) is 36.0. The van der Waals surface area contributed by atoms with Gasteiger partial charge in [-0.2, -0.15) is 0 Å². The fourth-order valence-corrected chi connectivity index (χ4v) is 23.3. The summed E-state index contributed by atoms with van der Waals surface area (Å²) in [6.45, 7) is 0. The molecule has 20 aromatic carbocycles. The van der Waals surface area contributed by atoms with Crippen molar-refractivity contribution in [2.75, 3.05) is 0 Å². The fourth-order valence-electron chi connectivity index (χ4n) is 20.4. The monoisotopic (exact) mass is 1970 g/mol. The molecular formula is C135H86N12S3. The van der Waals surface area contributed by atoms with Crippen LogP contribution in [-0.4, -0.2) is 58.6 Å². The lowest BCUT2D eigenvalue weighted by molar-refractivity contribution is 1.16. The van der Waals surface area contributed by atoms with Gasteiger partial charge >= 0.3 is 0 Å². The van der Waals surface area contributed by atoms with Crippen LogP contribution in [0.15, 0.2) is 522 Å². The molecule has 0 saturated heterocycles. The molecule has 0 fully saturated rings. The number of rotatable bonds is 17. The van der Waals surface area contributed by atoms with Crippen molar-refractivity contribution in [1.29, 1.82) is 0 Å². The van der Waals surface area contributed by atoms with Gasteiger partial charge in [0, 0.05) is 116 Å². The van der Waals surface area contributed by atoms with E-state index >= 15 is 0 Å². The normalized spacial score (nSPS) is 11.5. The molecule has 0 aliphatic rings. The Morgan fingerprint density at radius 2 is 0.373 bits per heavy atom. The third-order valence-corrected chi connectivity index (χ3v) is 31.0. The van der Waals surface area contributed by atoms with Crippen molar-refractivity contribution in [2.45, 2.75) is 0 Å². The second-order valence-corrected chi connectivity index (χ2v) is 40.2. The van der Waals surface area contributed by atoms with Crippen LogP contribution in [0.4, 0.5) is 0 Å². The predicted molar refractivity (Wildman–Crippen MR) is 625 cm³/mol. The summed E-state index contributed by atoms with van der Waals surface area (Å²) < 4.78 is 10.7. The van der Waals surface area contributed by atoms with E-state index in [1.807, 2.05) is 127 Å². The summed E-state index contributed by atoms with van der Waals surface area (Å²) in [5, 5.41) is 10.4. The van der Waals surface area contributed by atoms with E-state index in [4.69, 9.17) is 44.9 Å². The van der Waals surface area contributed by atoms with Crippen LogP contribution in [0.5, 0.6) is 0 Å². The van der Waals surface area contributed by atoms with E-state index in [1.54, 1.807) is 34.0 Å². The Kier molecular flexibility index (Phi) is 23.3. The van der Waals surface area contributed by atoms with E-state index in [-0.39, 0.29) is 0 Å². The second kappa shape index (κ2) is 39.0. The van der Waals surface area contributed by atoms with Gasteiger partial charge in [-0.3, -0.25) is 0 Å². The number of para-hydroxylation sites is 6. The first kappa shape index (κ1) is 89.5. The molecule has 12 nitrogen and oxygen atoms in total. The lowest BCUT2D eigenvalue weighted by atomic mass is 10.0. The summed E-state index contributed by atoms with van der Waals surface area (Å²) in [6, 6.07) is 183. The first-order valence-corrected chi connectivity index (χ1v) is 52.4. The van der Waals surface area contributed by atoms with Crippen molar-refractivity contribution in [3.05, 3.63) is 522 Å². The molecule has 29 rings (SSSR count). The first-order valence-electron chi connectivity index (χ1n) is 50.0. The molecule has 0 bridgehead atoms. The molecule has 0 aliphatic heterocycles. The van der Waals surface area contributed by atoms with Crippen molar-refractivity contribution < 1.29 is 0 Å². The number of nitrogens with zero attached hydrogens (tertiary/aromatic N) is 12.